The van der Waals surface area contributed by atoms with Crippen LogP contribution in [0.25, 0.3) is 16.7 Å². The lowest BCUT2D eigenvalue weighted by molar-refractivity contribution is 0.121. The zero-order chi connectivity index (χ0) is 21.0. The summed E-state index contributed by atoms with van der Waals surface area (Å²) in [5, 5.41) is 0. The molecule has 1 aliphatic heterocycles. The summed E-state index contributed by atoms with van der Waals surface area (Å²) in [5.74, 6) is 0.585. The number of nitrogens with zero attached hydrogens (tertiary/aromatic N) is 4. The minimum Gasteiger partial charge on any atom is -0.478 e. The molecular weight excluding hydrogens is 390 g/mol. The highest BCUT2D eigenvalue weighted by molar-refractivity contribution is 5.74. The molecular formula is C24H27N5O2. The Kier molecular flexibility index (Phi) is 5.69. The first-order chi connectivity index (χ1) is 15.3. The van der Waals surface area contributed by atoms with E-state index < -0.39 is 0 Å². The Morgan fingerprint density at radius 1 is 0.935 bits per heavy atom. The maximum absolute atomic E-state index is 12.1. The maximum Gasteiger partial charge on any atom is 0.272 e. The van der Waals surface area contributed by atoms with E-state index in [1.165, 1.54) is 5.56 Å². The first kappa shape index (κ1) is 19.8. The summed E-state index contributed by atoms with van der Waals surface area (Å²) in [6, 6.07) is 18.0. The zero-order valence-corrected chi connectivity index (χ0v) is 17.5. The first-order valence-corrected chi connectivity index (χ1v) is 10.9. The van der Waals surface area contributed by atoms with E-state index in [2.05, 4.69) is 50.1 Å². The number of hydrogen-bond acceptors (Lipinski definition) is 5. The van der Waals surface area contributed by atoms with Crippen molar-refractivity contribution < 1.29 is 4.74 Å². The second kappa shape index (κ2) is 8.91. The number of H-pyrrole nitrogens is 1. The van der Waals surface area contributed by atoms with Crippen LogP contribution < -0.4 is 10.3 Å². The van der Waals surface area contributed by atoms with Crippen molar-refractivity contribution in [2.75, 3.05) is 39.3 Å². The molecule has 1 saturated heterocycles. The molecule has 1 aliphatic rings. The maximum atomic E-state index is 12.1. The van der Waals surface area contributed by atoms with E-state index in [-0.39, 0.29) is 5.56 Å². The molecule has 0 aliphatic carbocycles. The van der Waals surface area contributed by atoms with Gasteiger partial charge in [-0.2, -0.15) is 4.98 Å². The van der Waals surface area contributed by atoms with Crippen molar-refractivity contribution in [1.82, 2.24) is 24.2 Å². The lowest BCUT2D eigenvalue weighted by Gasteiger charge is -2.34. The molecule has 0 unspecified atom stereocenters. The van der Waals surface area contributed by atoms with Gasteiger partial charge in [0.25, 0.3) is 5.56 Å². The van der Waals surface area contributed by atoms with Crippen LogP contribution in [0.3, 0.4) is 0 Å². The van der Waals surface area contributed by atoms with Crippen LogP contribution in [0, 0.1) is 0 Å². The highest BCUT2D eigenvalue weighted by Crippen LogP contribution is 2.16. The number of benzene rings is 1. The summed E-state index contributed by atoms with van der Waals surface area (Å²) < 4.78 is 7.71. The van der Waals surface area contributed by atoms with Gasteiger partial charge in [0.15, 0.2) is 5.65 Å². The Labute approximate surface area is 180 Å². The zero-order valence-electron chi connectivity index (χ0n) is 17.5. The van der Waals surface area contributed by atoms with Gasteiger partial charge in [-0.25, -0.2) is 0 Å². The normalized spacial score (nSPS) is 15.6. The van der Waals surface area contributed by atoms with Crippen LogP contribution in [-0.2, 0) is 6.54 Å². The summed E-state index contributed by atoms with van der Waals surface area (Å²) >= 11 is 0. The van der Waals surface area contributed by atoms with Gasteiger partial charge < -0.3 is 14.6 Å². The van der Waals surface area contributed by atoms with Gasteiger partial charge in [0.2, 0.25) is 5.88 Å². The molecule has 4 aromatic rings. The van der Waals surface area contributed by atoms with Crippen molar-refractivity contribution in [1.29, 1.82) is 0 Å². The van der Waals surface area contributed by atoms with Gasteiger partial charge in [-0.3, -0.25) is 14.1 Å². The molecule has 0 radical (unpaired) electrons. The third-order valence-corrected chi connectivity index (χ3v) is 5.89. The number of piperazine rings is 1. The minimum absolute atomic E-state index is 0.114. The van der Waals surface area contributed by atoms with Crippen molar-refractivity contribution in [3.8, 4) is 5.88 Å². The predicted molar refractivity (Wildman–Crippen MR) is 122 cm³/mol. The van der Waals surface area contributed by atoms with Crippen LogP contribution in [-0.4, -0.2) is 63.5 Å². The highest BCUT2D eigenvalue weighted by Gasteiger charge is 2.16. The number of rotatable bonds is 7. The van der Waals surface area contributed by atoms with E-state index in [0.29, 0.717) is 29.2 Å². The number of nitrogens with one attached hydrogen (secondary N) is 1. The predicted octanol–water partition coefficient (Wildman–Crippen LogP) is 2.76. The molecule has 160 valence electrons. The van der Waals surface area contributed by atoms with E-state index in [4.69, 9.17) is 4.74 Å². The van der Waals surface area contributed by atoms with Crippen molar-refractivity contribution in [3.05, 3.63) is 76.7 Å². The van der Waals surface area contributed by atoms with Gasteiger partial charge in [0.1, 0.15) is 5.52 Å². The average Bonchev–Trinajstić information content (AvgIpc) is 3.30. The van der Waals surface area contributed by atoms with E-state index in [0.717, 1.165) is 45.7 Å². The van der Waals surface area contributed by atoms with E-state index in [1.54, 1.807) is 10.5 Å². The molecule has 0 bridgehead atoms. The number of aromatic amines is 1. The summed E-state index contributed by atoms with van der Waals surface area (Å²) in [6.45, 7) is 7.09. The van der Waals surface area contributed by atoms with Gasteiger partial charge >= 0.3 is 0 Å². The molecule has 5 rings (SSSR count). The largest absolute Gasteiger partial charge is 0.478 e. The minimum atomic E-state index is -0.114. The summed E-state index contributed by atoms with van der Waals surface area (Å²) in [5.41, 5.74) is 3.26. The van der Waals surface area contributed by atoms with Crippen LogP contribution in [0.5, 0.6) is 5.88 Å². The molecule has 31 heavy (non-hydrogen) atoms. The first-order valence-electron chi connectivity index (χ1n) is 10.9. The van der Waals surface area contributed by atoms with E-state index in [1.807, 2.05) is 24.4 Å². The molecule has 1 N–H and O–H groups in total. The van der Waals surface area contributed by atoms with Crippen molar-refractivity contribution >= 4 is 16.7 Å². The molecule has 1 aromatic carbocycles. The molecule has 4 heterocycles. The summed E-state index contributed by atoms with van der Waals surface area (Å²) in [4.78, 5) is 24.6. The van der Waals surface area contributed by atoms with Gasteiger partial charge in [0.05, 0.1) is 12.1 Å². The molecule has 7 nitrogen and oxygen atoms in total. The fourth-order valence-corrected chi connectivity index (χ4v) is 4.21. The fraction of sp³-hybridized carbons (Fsp3) is 0.333. The second-order valence-corrected chi connectivity index (χ2v) is 8.04. The lowest BCUT2D eigenvalue weighted by Crippen LogP contribution is -2.46. The summed E-state index contributed by atoms with van der Waals surface area (Å²) in [6.07, 6.45) is 2.81. The van der Waals surface area contributed by atoms with Gasteiger partial charge in [-0.1, -0.05) is 30.3 Å². The fourth-order valence-electron chi connectivity index (χ4n) is 4.21. The van der Waals surface area contributed by atoms with Crippen LogP contribution in [0.4, 0.5) is 0 Å². The summed E-state index contributed by atoms with van der Waals surface area (Å²) in [7, 11) is 0. The second-order valence-electron chi connectivity index (χ2n) is 8.04. The van der Waals surface area contributed by atoms with Crippen LogP contribution in [0.1, 0.15) is 12.0 Å². The molecule has 0 spiro atoms. The quantitative estimate of drug-likeness (QED) is 0.469. The number of hydrogen-bond donors (Lipinski definition) is 1. The lowest BCUT2D eigenvalue weighted by atomic mass is 10.2. The number of pyridine rings is 1. The van der Waals surface area contributed by atoms with Crippen molar-refractivity contribution in [2.24, 2.45) is 0 Å². The molecule has 0 saturated carbocycles. The van der Waals surface area contributed by atoms with Crippen LogP contribution in [0.2, 0.25) is 0 Å². The Morgan fingerprint density at radius 2 is 1.74 bits per heavy atom. The van der Waals surface area contributed by atoms with Crippen LogP contribution >= 0.6 is 0 Å². The number of aromatic nitrogens is 3. The highest BCUT2D eigenvalue weighted by atomic mass is 16.5. The average molecular weight is 418 g/mol. The van der Waals surface area contributed by atoms with Gasteiger partial charge in [-0.05, 0) is 30.2 Å². The standard InChI is InChI=1S/C24H27N5O2/c30-24-21-8-4-12-29(21)23-20(25-24)9-10-22(26-23)31-17-5-11-27-13-15-28(16-14-27)18-19-6-2-1-3-7-19/h1-4,6-10,12H,5,11,13-18H2,(H,25,30). The molecule has 1 fully saturated rings. The van der Waals surface area contributed by atoms with Crippen LogP contribution in [0.15, 0.2) is 65.6 Å². The van der Waals surface area contributed by atoms with Crippen molar-refractivity contribution in [3.63, 3.8) is 0 Å². The van der Waals surface area contributed by atoms with E-state index >= 15 is 0 Å². The SMILES string of the molecule is O=c1[nH]c2ccc(OCCCN3CCN(Cc4ccccc4)CC3)nc2n2cccc12. The number of fused-ring (bicyclic) bond motifs is 3. The third-order valence-electron chi connectivity index (χ3n) is 5.89. The van der Waals surface area contributed by atoms with Crippen molar-refractivity contribution in [2.45, 2.75) is 13.0 Å². The molecule has 3 aromatic heterocycles. The monoisotopic (exact) mass is 417 g/mol. The number of ether oxygens (including phenoxy) is 1. The Bertz CT molecular complexity index is 1210. The Morgan fingerprint density at radius 3 is 2.58 bits per heavy atom. The molecule has 7 heteroatoms. The smallest absolute Gasteiger partial charge is 0.272 e. The van der Waals surface area contributed by atoms with Gasteiger partial charge in [0, 0.05) is 51.5 Å². The Balaban J connectivity index is 1.10. The molecule has 0 amide bonds. The Hall–Kier alpha value is -3.16. The molecule has 0 atom stereocenters. The van der Waals surface area contributed by atoms with Gasteiger partial charge in [-0.15, -0.1) is 0 Å². The topological polar surface area (TPSA) is 65.9 Å². The van der Waals surface area contributed by atoms with E-state index in [9.17, 15) is 4.79 Å². The third kappa shape index (κ3) is 4.47.